The van der Waals surface area contributed by atoms with Gasteiger partial charge in [-0.05, 0) is 25.5 Å². The third-order valence-electron chi connectivity index (χ3n) is 1.86. The van der Waals surface area contributed by atoms with E-state index in [4.69, 9.17) is 4.42 Å². The lowest BCUT2D eigenvalue weighted by molar-refractivity contribution is 0.100. The van der Waals surface area contributed by atoms with Crippen LogP contribution in [0.1, 0.15) is 21.5 Å². The molecule has 2 heterocycles. The van der Waals surface area contributed by atoms with Crippen molar-refractivity contribution in [2.45, 2.75) is 6.54 Å². The third kappa shape index (κ3) is 2.34. The highest BCUT2D eigenvalue weighted by atomic mass is 32.1. The van der Waals surface area contributed by atoms with E-state index >= 15 is 0 Å². The quantitative estimate of drug-likeness (QED) is 0.753. The minimum atomic E-state index is -0.215. The SMILES string of the molecule is CN(C)Cc1nnc(C(=O)c2cccs2)o1. The van der Waals surface area contributed by atoms with Gasteiger partial charge < -0.3 is 9.32 Å². The maximum absolute atomic E-state index is 11.8. The summed E-state index contributed by atoms with van der Waals surface area (Å²) >= 11 is 1.36. The first-order chi connectivity index (χ1) is 7.66. The largest absolute Gasteiger partial charge is 0.417 e. The molecule has 0 fully saturated rings. The number of carbonyl (C=O) groups excluding carboxylic acids is 1. The summed E-state index contributed by atoms with van der Waals surface area (Å²) in [7, 11) is 3.79. The van der Waals surface area contributed by atoms with Crippen LogP contribution in [0.2, 0.25) is 0 Å². The van der Waals surface area contributed by atoms with Gasteiger partial charge in [0, 0.05) is 0 Å². The zero-order valence-electron chi connectivity index (χ0n) is 9.01. The zero-order valence-corrected chi connectivity index (χ0v) is 9.82. The molecular formula is C10H11N3O2S. The van der Waals surface area contributed by atoms with E-state index in [-0.39, 0.29) is 11.7 Å². The number of rotatable bonds is 4. The number of aromatic nitrogens is 2. The summed E-state index contributed by atoms with van der Waals surface area (Å²) in [6.45, 7) is 0.532. The summed E-state index contributed by atoms with van der Waals surface area (Å²) in [5.74, 6) is 0.289. The molecule has 16 heavy (non-hydrogen) atoms. The van der Waals surface area contributed by atoms with E-state index in [1.54, 1.807) is 6.07 Å². The molecule has 0 amide bonds. The van der Waals surface area contributed by atoms with Gasteiger partial charge in [0.1, 0.15) is 0 Å². The fourth-order valence-corrected chi connectivity index (χ4v) is 1.85. The minimum absolute atomic E-state index is 0.0549. The standard InChI is InChI=1S/C10H11N3O2S/c1-13(2)6-8-11-12-10(15-8)9(14)7-4-3-5-16-7/h3-5H,6H2,1-2H3. The summed E-state index contributed by atoms with van der Waals surface area (Å²) in [6, 6.07) is 3.55. The summed E-state index contributed by atoms with van der Waals surface area (Å²) in [5.41, 5.74) is 0. The Morgan fingerprint density at radius 1 is 1.50 bits per heavy atom. The number of hydrogen-bond donors (Lipinski definition) is 0. The van der Waals surface area contributed by atoms with Gasteiger partial charge in [-0.1, -0.05) is 6.07 Å². The number of thiophene rings is 1. The number of nitrogens with zero attached hydrogens (tertiary/aromatic N) is 3. The lowest BCUT2D eigenvalue weighted by Crippen LogP contribution is -2.10. The molecule has 0 saturated carbocycles. The van der Waals surface area contributed by atoms with E-state index in [1.165, 1.54) is 11.3 Å². The fraction of sp³-hybridized carbons (Fsp3) is 0.300. The van der Waals surface area contributed by atoms with Crippen LogP contribution in [-0.4, -0.2) is 35.0 Å². The van der Waals surface area contributed by atoms with Crippen molar-refractivity contribution in [3.63, 3.8) is 0 Å². The lowest BCUT2D eigenvalue weighted by Gasteiger charge is -2.03. The molecule has 2 aromatic heterocycles. The molecule has 0 aromatic carbocycles. The molecular weight excluding hydrogens is 226 g/mol. The fourth-order valence-electron chi connectivity index (χ4n) is 1.19. The molecule has 0 aliphatic rings. The Labute approximate surface area is 96.7 Å². The van der Waals surface area contributed by atoms with Gasteiger partial charge in [-0.3, -0.25) is 4.79 Å². The summed E-state index contributed by atoms with van der Waals surface area (Å²) in [4.78, 5) is 14.3. The Balaban J connectivity index is 2.16. The molecule has 84 valence electrons. The van der Waals surface area contributed by atoms with E-state index in [0.717, 1.165) is 0 Å². The van der Waals surface area contributed by atoms with E-state index in [0.29, 0.717) is 17.3 Å². The molecule has 2 aromatic rings. The molecule has 0 saturated heterocycles. The smallest absolute Gasteiger partial charge is 0.290 e. The second kappa shape index (κ2) is 4.54. The van der Waals surface area contributed by atoms with Crippen LogP contribution >= 0.6 is 11.3 Å². The molecule has 2 rings (SSSR count). The molecule has 0 aliphatic heterocycles. The van der Waals surface area contributed by atoms with Gasteiger partial charge in [-0.25, -0.2) is 0 Å². The van der Waals surface area contributed by atoms with Crippen molar-refractivity contribution in [1.29, 1.82) is 0 Å². The Morgan fingerprint density at radius 2 is 2.31 bits per heavy atom. The van der Waals surface area contributed by atoms with Crippen LogP contribution in [0, 0.1) is 0 Å². The van der Waals surface area contributed by atoms with Gasteiger partial charge in [0.25, 0.3) is 11.7 Å². The van der Waals surface area contributed by atoms with E-state index in [2.05, 4.69) is 10.2 Å². The van der Waals surface area contributed by atoms with Crippen molar-refractivity contribution in [2.24, 2.45) is 0 Å². The average Bonchev–Trinajstić information content (AvgIpc) is 2.84. The summed E-state index contributed by atoms with van der Waals surface area (Å²) in [6.07, 6.45) is 0. The normalized spacial score (nSPS) is 10.9. The molecule has 0 unspecified atom stereocenters. The first-order valence-electron chi connectivity index (χ1n) is 4.72. The Bertz CT molecular complexity index is 476. The number of ketones is 1. The van der Waals surface area contributed by atoms with Crippen LogP contribution in [-0.2, 0) is 6.54 Å². The highest BCUT2D eigenvalue weighted by Gasteiger charge is 2.17. The zero-order chi connectivity index (χ0) is 11.5. The van der Waals surface area contributed by atoms with E-state index < -0.39 is 0 Å². The van der Waals surface area contributed by atoms with Crippen molar-refractivity contribution < 1.29 is 9.21 Å². The van der Waals surface area contributed by atoms with Gasteiger partial charge in [0.2, 0.25) is 5.89 Å². The third-order valence-corrected chi connectivity index (χ3v) is 2.73. The minimum Gasteiger partial charge on any atom is -0.417 e. The van der Waals surface area contributed by atoms with Gasteiger partial charge in [0.05, 0.1) is 11.4 Å². The van der Waals surface area contributed by atoms with E-state index in [1.807, 2.05) is 30.4 Å². The van der Waals surface area contributed by atoms with Gasteiger partial charge in [-0.15, -0.1) is 21.5 Å². The van der Waals surface area contributed by atoms with Crippen LogP contribution in [0.4, 0.5) is 0 Å². The Morgan fingerprint density at radius 3 is 2.94 bits per heavy atom. The van der Waals surface area contributed by atoms with Crippen molar-refractivity contribution >= 4 is 17.1 Å². The predicted octanol–water partition coefficient (Wildman–Crippen LogP) is 1.42. The van der Waals surface area contributed by atoms with Crippen molar-refractivity contribution in [3.8, 4) is 0 Å². The van der Waals surface area contributed by atoms with Gasteiger partial charge in [0.15, 0.2) is 0 Å². The summed E-state index contributed by atoms with van der Waals surface area (Å²) in [5, 5.41) is 9.39. The number of carbonyl (C=O) groups is 1. The average molecular weight is 237 g/mol. The molecule has 0 bridgehead atoms. The highest BCUT2D eigenvalue weighted by Crippen LogP contribution is 2.14. The van der Waals surface area contributed by atoms with Crippen molar-refractivity contribution in [2.75, 3.05) is 14.1 Å². The van der Waals surface area contributed by atoms with Crippen molar-refractivity contribution in [3.05, 3.63) is 34.2 Å². The first kappa shape index (κ1) is 11.0. The van der Waals surface area contributed by atoms with Crippen LogP contribution in [0.15, 0.2) is 21.9 Å². The molecule has 0 N–H and O–H groups in total. The Kier molecular flexibility index (Phi) is 3.12. The second-order valence-electron chi connectivity index (χ2n) is 3.55. The predicted molar refractivity (Wildman–Crippen MR) is 59.4 cm³/mol. The highest BCUT2D eigenvalue weighted by molar-refractivity contribution is 7.12. The summed E-state index contributed by atoms with van der Waals surface area (Å²) < 4.78 is 5.27. The molecule has 5 nitrogen and oxygen atoms in total. The monoisotopic (exact) mass is 237 g/mol. The first-order valence-corrected chi connectivity index (χ1v) is 5.60. The molecule has 0 atom stereocenters. The maximum Gasteiger partial charge on any atom is 0.290 e. The topological polar surface area (TPSA) is 59.2 Å². The van der Waals surface area contributed by atoms with Crippen LogP contribution < -0.4 is 0 Å². The molecule has 6 heteroatoms. The van der Waals surface area contributed by atoms with E-state index in [9.17, 15) is 4.79 Å². The van der Waals surface area contributed by atoms with Crippen LogP contribution in [0.25, 0.3) is 0 Å². The van der Waals surface area contributed by atoms with Crippen LogP contribution in [0.5, 0.6) is 0 Å². The lowest BCUT2D eigenvalue weighted by atomic mass is 10.3. The molecule has 0 aliphatic carbocycles. The van der Waals surface area contributed by atoms with Gasteiger partial charge in [-0.2, -0.15) is 0 Å². The van der Waals surface area contributed by atoms with Gasteiger partial charge >= 0.3 is 0 Å². The number of hydrogen-bond acceptors (Lipinski definition) is 6. The van der Waals surface area contributed by atoms with Crippen molar-refractivity contribution in [1.82, 2.24) is 15.1 Å². The Hall–Kier alpha value is -1.53. The second-order valence-corrected chi connectivity index (χ2v) is 4.49. The molecule has 0 radical (unpaired) electrons. The maximum atomic E-state index is 11.8. The molecule has 0 spiro atoms. The van der Waals surface area contributed by atoms with Crippen LogP contribution in [0.3, 0.4) is 0 Å².